The van der Waals surface area contributed by atoms with Crippen molar-refractivity contribution in [2.24, 2.45) is 11.8 Å². The molecule has 0 aromatic rings. The maximum absolute atomic E-state index is 10.6. The summed E-state index contributed by atoms with van der Waals surface area (Å²) < 4.78 is 31.7. The lowest BCUT2D eigenvalue weighted by molar-refractivity contribution is -0.192. The van der Waals surface area contributed by atoms with Gasteiger partial charge in [-0.1, -0.05) is 0 Å². The number of fused-ring (bicyclic) bond motifs is 1. The summed E-state index contributed by atoms with van der Waals surface area (Å²) >= 11 is 0. The Morgan fingerprint density at radius 3 is 1.53 bits per heavy atom. The highest BCUT2D eigenvalue weighted by Gasteiger charge is 2.38. The van der Waals surface area contributed by atoms with E-state index in [2.05, 4.69) is 10.6 Å². The summed E-state index contributed by atoms with van der Waals surface area (Å²) in [5, 5.41) is 13.9. The first-order valence-electron chi connectivity index (χ1n) is 4.63. The van der Waals surface area contributed by atoms with Gasteiger partial charge in [0.25, 0.3) is 0 Å². The second-order valence-corrected chi connectivity index (χ2v) is 3.64. The molecule has 2 aliphatic rings. The van der Waals surface area contributed by atoms with Gasteiger partial charge in [-0.15, -0.1) is 0 Å². The predicted molar refractivity (Wildman–Crippen MR) is 46.4 cm³/mol. The zero-order valence-corrected chi connectivity index (χ0v) is 7.97. The summed E-state index contributed by atoms with van der Waals surface area (Å²) in [5.74, 6) is -0.850. The molecule has 2 saturated heterocycles. The lowest BCUT2D eigenvalue weighted by atomic mass is 10.0. The Morgan fingerprint density at radius 1 is 1.07 bits per heavy atom. The zero-order chi connectivity index (χ0) is 11.5. The molecule has 4 nitrogen and oxygen atoms in total. The SMILES string of the molecule is C1NCC2CNCC12.O=C(O)C(F)(F)F. The van der Waals surface area contributed by atoms with E-state index in [1.165, 1.54) is 26.2 Å². The maximum atomic E-state index is 10.6. The number of halogens is 3. The molecule has 0 unspecified atom stereocenters. The Hall–Kier alpha value is -0.820. The van der Waals surface area contributed by atoms with Crippen molar-refractivity contribution in [1.82, 2.24) is 10.6 Å². The second-order valence-electron chi connectivity index (χ2n) is 3.64. The van der Waals surface area contributed by atoms with E-state index in [0.29, 0.717) is 0 Å². The third-order valence-electron chi connectivity index (χ3n) is 2.54. The molecule has 15 heavy (non-hydrogen) atoms. The first-order chi connectivity index (χ1) is 6.91. The van der Waals surface area contributed by atoms with Gasteiger partial charge in [0.2, 0.25) is 0 Å². The molecule has 7 heteroatoms. The van der Waals surface area contributed by atoms with E-state index >= 15 is 0 Å². The Bertz CT molecular complexity index is 212. The number of hydrogen-bond donors (Lipinski definition) is 3. The zero-order valence-electron chi connectivity index (χ0n) is 7.97. The van der Waals surface area contributed by atoms with E-state index in [1.807, 2.05) is 0 Å². The van der Waals surface area contributed by atoms with Gasteiger partial charge >= 0.3 is 12.1 Å². The predicted octanol–water partition coefficient (Wildman–Crippen LogP) is 0.0585. The molecule has 2 heterocycles. The van der Waals surface area contributed by atoms with Gasteiger partial charge in [0.05, 0.1) is 0 Å². The Balaban J connectivity index is 0.000000153. The molecule has 0 amide bonds. The number of carbonyl (C=O) groups is 1. The van der Waals surface area contributed by atoms with Gasteiger partial charge in [0.15, 0.2) is 0 Å². The molecule has 88 valence electrons. The summed E-state index contributed by atoms with van der Waals surface area (Å²) in [7, 11) is 0. The van der Waals surface area contributed by atoms with Crippen molar-refractivity contribution in [3.63, 3.8) is 0 Å². The van der Waals surface area contributed by atoms with Crippen molar-refractivity contribution in [1.29, 1.82) is 0 Å². The van der Waals surface area contributed by atoms with E-state index < -0.39 is 12.1 Å². The van der Waals surface area contributed by atoms with Crippen LogP contribution in [0.25, 0.3) is 0 Å². The van der Waals surface area contributed by atoms with Crippen molar-refractivity contribution in [3.8, 4) is 0 Å². The van der Waals surface area contributed by atoms with E-state index in [1.54, 1.807) is 0 Å². The van der Waals surface area contributed by atoms with Crippen LogP contribution in [0.1, 0.15) is 0 Å². The highest BCUT2D eigenvalue weighted by atomic mass is 19.4. The lowest BCUT2D eigenvalue weighted by Crippen LogP contribution is -2.21. The number of alkyl halides is 3. The topological polar surface area (TPSA) is 61.4 Å². The fourth-order valence-corrected chi connectivity index (χ4v) is 1.72. The van der Waals surface area contributed by atoms with Crippen molar-refractivity contribution in [2.45, 2.75) is 6.18 Å². The van der Waals surface area contributed by atoms with Crippen LogP contribution in [-0.4, -0.2) is 43.4 Å². The van der Waals surface area contributed by atoms with Crippen LogP contribution in [0.15, 0.2) is 0 Å². The van der Waals surface area contributed by atoms with Crippen LogP contribution >= 0.6 is 0 Å². The number of aliphatic carboxylic acids is 1. The maximum Gasteiger partial charge on any atom is 0.490 e. The van der Waals surface area contributed by atoms with E-state index in [0.717, 1.165) is 11.8 Å². The van der Waals surface area contributed by atoms with Gasteiger partial charge in [0.1, 0.15) is 0 Å². The molecule has 0 spiro atoms. The third kappa shape index (κ3) is 3.67. The van der Waals surface area contributed by atoms with Crippen LogP contribution in [0.5, 0.6) is 0 Å². The van der Waals surface area contributed by atoms with Gasteiger partial charge in [-0.05, 0) is 38.0 Å². The summed E-state index contributed by atoms with van der Waals surface area (Å²) in [6.07, 6.45) is -5.08. The molecule has 0 radical (unpaired) electrons. The Morgan fingerprint density at radius 2 is 1.33 bits per heavy atom. The van der Waals surface area contributed by atoms with Gasteiger partial charge in [-0.3, -0.25) is 0 Å². The quantitative estimate of drug-likeness (QED) is 0.546. The van der Waals surface area contributed by atoms with Crippen LogP contribution in [-0.2, 0) is 4.79 Å². The molecular weight excluding hydrogens is 213 g/mol. The molecule has 0 aromatic heterocycles. The van der Waals surface area contributed by atoms with Crippen LogP contribution in [0.3, 0.4) is 0 Å². The van der Waals surface area contributed by atoms with Gasteiger partial charge in [0, 0.05) is 0 Å². The fourth-order valence-electron chi connectivity index (χ4n) is 1.72. The molecule has 0 aromatic carbocycles. The number of rotatable bonds is 0. The van der Waals surface area contributed by atoms with Crippen molar-refractivity contribution in [3.05, 3.63) is 0 Å². The minimum Gasteiger partial charge on any atom is -0.475 e. The normalized spacial score (nSPS) is 29.3. The summed E-state index contributed by atoms with van der Waals surface area (Å²) in [6, 6.07) is 0. The van der Waals surface area contributed by atoms with Crippen molar-refractivity contribution < 1.29 is 23.1 Å². The molecule has 2 aliphatic heterocycles. The largest absolute Gasteiger partial charge is 0.490 e. The van der Waals surface area contributed by atoms with Gasteiger partial charge < -0.3 is 15.7 Å². The van der Waals surface area contributed by atoms with Gasteiger partial charge in [-0.25, -0.2) is 4.79 Å². The minimum absolute atomic E-state index is 0.954. The monoisotopic (exact) mass is 226 g/mol. The summed E-state index contributed by atoms with van der Waals surface area (Å²) in [6.45, 7) is 4.99. The highest BCUT2D eigenvalue weighted by Crippen LogP contribution is 2.19. The fraction of sp³-hybridized carbons (Fsp3) is 0.875. The van der Waals surface area contributed by atoms with Crippen molar-refractivity contribution >= 4 is 5.97 Å². The van der Waals surface area contributed by atoms with E-state index in [9.17, 15) is 13.2 Å². The van der Waals surface area contributed by atoms with E-state index in [-0.39, 0.29) is 0 Å². The number of hydrogen-bond acceptors (Lipinski definition) is 3. The lowest BCUT2D eigenvalue weighted by Gasteiger charge is -2.01. The number of carboxylic acid groups (broad SMARTS) is 1. The highest BCUT2D eigenvalue weighted by molar-refractivity contribution is 5.73. The molecule has 0 atom stereocenters. The molecule has 3 N–H and O–H groups in total. The first kappa shape index (κ1) is 12.3. The minimum atomic E-state index is -5.08. The van der Waals surface area contributed by atoms with Crippen LogP contribution in [0.4, 0.5) is 13.2 Å². The Labute approximate surface area is 84.8 Å². The molecule has 0 saturated carbocycles. The van der Waals surface area contributed by atoms with E-state index in [4.69, 9.17) is 9.90 Å². The first-order valence-corrected chi connectivity index (χ1v) is 4.63. The third-order valence-corrected chi connectivity index (χ3v) is 2.54. The second kappa shape index (κ2) is 4.80. The summed E-state index contributed by atoms with van der Waals surface area (Å²) in [5.41, 5.74) is 0. The standard InChI is InChI=1S/C6H12N2.C2HF3O2/c1-5-2-8-4-6(5)3-7-1;3-2(4,5)1(6)7/h5-8H,1-4H2;(H,6,7). The summed E-state index contributed by atoms with van der Waals surface area (Å²) in [4.78, 5) is 8.90. The molecule has 0 aliphatic carbocycles. The van der Waals surface area contributed by atoms with Crippen LogP contribution < -0.4 is 10.6 Å². The molecule has 2 rings (SSSR count). The van der Waals surface area contributed by atoms with Crippen LogP contribution in [0.2, 0.25) is 0 Å². The van der Waals surface area contributed by atoms with Crippen LogP contribution in [0, 0.1) is 11.8 Å². The van der Waals surface area contributed by atoms with Gasteiger partial charge in [-0.2, -0.15) is 13.2 Å². The molecule has 0 bridgehead atoms. The smallest absolute Gasteiger partial charge is 0.475 e. The van der Waals surface area contributed by atoms with Crippen molar-refractivity contribution in [2.75, 3.05) is 26.2 Å². The Kier molecular flexibility index (Phi) is 3.92. The molecular formula is C8H13F3N2O2. The number of carboxylic acids is 1. The average molecular weight is 226 g/mol. The molecule has 2 fully saturated rings. The number of nitrogens with one attached hydrogen (secondary N) is 2. The average Bonchev–Trinajstić information content (AvgIpc) is 2.61.